The number of aromatic nitrogens is 1. The molecular formula is C28H26BrIN2O6S. The number of halogens is 2. The van der Waals surface area contributed by atoms with Crippen LogP contribution in [0.15, 0.2) is 69.0 Å². The third kappa shape index (κ3) is 6.15. The Morgan fingerprint density at radius 1 is 1.18 bits per heavy atom. The molecule has 0 bridgehead atoms. The van der Waals surface area contributed by atoms with E-state index in [2.05, 4.69) is 50.1 Å². The first kappa shape index (κ1) is 29.1. The van der Waals surface area contributed by atoms with Crippen LogP contribution in [0.1, 0.15) is 31.0 Å². The monoisotopic (exact) mass is 724 g/mol. The van der Waals surface area contributed by atoms with Crippen molar-refractivity contribution in [2.24, 2.45) is 4.99 Å². The Hall–Kier alpha value is -2.90. The van der Waals surface area contributed by atoms with E-state index in [0.29, 0.717) is 52.0 Å². The number of hydrogen-bond acceptors (Lipinski definition) is 8. The highest BCUT2D eigenvalue weighted by Gasteiger charge is 2.31. The molecule has 0 amide bonds. The number of carbonyl (C=O) groups excluding carboxylic acids is 1. The summed E-state index contributed by atoms with van der Waals surface area (Å²) in [7, 11) is 1.30. The molecule has 0 fully saturated rings. The molecular weight excluding hydrogens is 699 g/mol. The maximum Gasteiger partial charge on any atom is 0.337 e. The second-order valence-electron chi connectivity index (χ2n) is 8.15. The Morgan fingerprint density at radius 3 is 2.62 bits per heavy atom. The molecule has 39 heavy (non-hydrogen) atoms. The van der Waals surface area contributed by atoms with Crippen LogP contribution in [0, 0.1) is 3.57 Å². The smallest absolute Gasteiger partial charge is 0.337 e. The van der Waals surface area contributed by atoms with Crippen LogP contribution in [0.3, 0.4) is 0 Å². The molecule has 0 saturated carbocycles. The maximum absolute atomic E-state index is 13.9. The largest absolute Gasteiger partial charge is 0.490 e. The standard InChI is InChI=1S/C28H26BrIN2O6S/c1-5-10-38-25-17(11-18(29)14-20(25)30)13-23-26(33)32-24(19(27(34)35-4)15-31-28(32)39-23)16-8-9-21(36-6-2)22(12-16)37-7-3/h5,8-9,11-15,24H,1,6-7,10H2,2-4H3/b23-13+/t24-/m1/s1. The lowest BCUT2D eigenvalue weighted by Crippen LogP contribution is -2.39. The molecule has 1 aliphatic heterocycles. The second-order valence-corrected chi connectivity index (χ2v) is 11.2. The van der Waals surface area contributed by atoms with Gasteiger partial charge in [0, 0.05) is 16.2 Å². The van der Waals surface area contributed by atoms with Crippen LogP contribution in [0.2, 0.25) is 0 Å². The van der Waals surface area contributed by atoms with E-state index in [-0.39, 0.29) is 11.1 Å². The molecule has 204 valence electrons. The molecule has 2 aromatic carbocycles. The number of methoxy groups -OCH3 is 1. The molecule has 1 atom stereocenters. The molecule has 8 nitrogen and oxygen atoms in total. The van der Waals surface area contributed by atoms with Crippen molar-refractivity contribution in [3.05, 3.63) is 93.6 Å². The number of ether oxygens (including phenoxy) is 4. The van der Waals surface area contributed by atoms with Gasteiger partial charge in [-0.3, -0.25) is 9.36 Å². The highest BCUT2D eigenvalue weighted by Crippen LogP contribution is 2.35. The van der Waals surface area contributed by atoms with E-state index in [0.717, 1.165) is 13.6 Å². The van der Waals surface area contributed by atoms with Gasteiger partial charge in [-0.15, -0.1) is 0 Å². The Labute approximate surface area is 251 Å². The number of benzene rings is 2. The van der Waals surface area contributed by atoms with Gasteiger partial charge < -0.3 is 18.9 Å². The Balaban J connectivity index is 1.93. The van der Waals surface area contributed by atoms with E-state index < -0.39 is 12.0 Å². The van der Waals surface area contributed by atoms with Gasteiger partial charge >= 0.3 is 5.97 Å². The zero-order valence-electron chi connectivity index (χ0n) is 21.5. The van der Waals surface area contributed by atoms with Crippen molar-refractivity contribution in [3.63, 3.8) is 0 Å². The normalized spacial score (nSPS) is 14.6. The van der Waals surface area contributed by atoms with Crippen LogP contribution in [-0.2, 0) is 9.53 Å². The fraction of sp³-hybridized carbons (Fsp3) is 0.250. The van der Waals surface area contributed by atoms with Crippen molar-refractivity contribution in [2.45, 2.75) is 19.9 Å². The summed E-state index contributed by atoms with van der Waals surface area (Å²) in [6.07, 6.45) is 4.90. The molecule has 0 N–H and O–H groups in total. The first-order chi connectivity index (χ1) is 18.8. The van der Waals surface area contributed by atoms with Crippen LogP contribution in [0.25, 0.3) is 6.08 Å². The highest BCUT2D eigenvalue weighted by atomic mass is 127. The maximum atomic E-state index is 13.9. The lowest BCUT2D eigenvalue weighted by molar-refractivity contribution is -0.136. The first-order valence-corrected chi connectivity index (χ1v) is 14.7. The lowest BCUT2D eigenvalue weighted by Gasteiger charge is -2.23. The van der Waals surface area contributed by atoms with Crippen LogP contribution in [-0.4, -0.2) is 37.5 Å². The third-order valence-electron chi connectivity index (χ3n) is 5.68. The van der Waals surface area contributed by atoms with Gasteiger partial charge in [0.05, 0.1) is 40.0 Å². The molecule has 3 aromatic rings. The highest BCUT2D eigenvalue weighted by molar-refractivity contribution is 14.1. The lowest BCUT2D eigenvalue weighted by atomic mass is 9.97. The Bertz CT molecular complexity index is 1630. The first-order valence-electron chi connectivity index (χ1n) is 12.0. The summed E-state index contributed by atoms with van der Waals surface area (Å²) in [5, 5.41) is 0. The van der Waals surface area contributed by atoms with E-state index in [1.54, 1.807) is 24.3 Å². The topological polar surface area (TPSA) is 88.3 Å². The van der Waals surface area contributed by atoms with Crippen LogP contribution in [0.4, 0.5) is 0 Å². The van der Waals surface area contributed by atoms with Gasteiger partial charge in [0.25, 0.3) is 5.56 Å². The minimum Gasteiger partial charge on any atom is -0.490 e. The van der Waals surface area contributed by atoms with Gasteiger partial charge in [-0.1, -0.05) is 46.0 Å². The number of thiazole rings is 1. The number of rotatable bonds is 10. The van der Waals surface area contributed by atoms with Gasteiger partial charge in [-0.2, -0.15) is 0 Å². The fourth-order valence-electron chi connectivity index (χ4n) is 4.11. The van der Waals surface area contributed by atoms with Gasteiger partial charge in [0.1, 0.15) is 12.4 Å². The number of carbonyl (C=O) groups is 1. The zero-order chi connectivity index (χ0) is 28.1. The SMILES string of the molecule is C=CCOc1c(I)cc(Br)cc1/C=c1/sc2n(c1=O)[C@H](c1ccc(OCC)c(OCC)c1)C(C(=O)OC)=CN=2. The number of hydrogen-bond donors (Lipinski definition) is 0. The Kier molecular flexibility index (Phi) is 9.67. The van der Waals surface area contributed by atoms with Crippen LogP contribution >= 0.6 is 49.9 Å². The van der Waals surface area contributed by atoms with E-state index in [1.165, 1.54) is 29.2 Å². The van der Waals surface area contributed by atoms with Gasteiger partial charge in [0.15, 0.2) is 16.3 Å². The summed E-state index contributed by atoms with van der Waals surface area (Å²) < 4.78 is 26.1. The molecule has 0 aliphatic carbocycles. The summed E-state index contributed by atoms with van der Waals surface area (Å²) in [6, 6.07) is 8.43. The molecule has 2 heterocycles. The quantitative estimate of drug-likeness (QED) is 0.171. The molecule has 0 radical (unpaired) electrons. The van der Waals surface area contributed by atoms with E-state index >= 15 is 0 Å². The van der Waals surface area contributed by atoms with Crippen molar-refractivity contribution in [1.82, 2.24) is 4.57 Å². The summed E-state index contributed by atoms with van der Waals surface area (Å²) in [5.41, 5.74) is 1.32. The average molecular weight is 725 g/mol. The molecule has 1 aliphatic rings. The van der Waals surface area contributed by atoms with Gasteiger partial charge in [-0.25, -0.2) is 9.79 Å². The summed E-state index contributed by atoms with van der Waals surface area (Å²) in [4.78, 5) is 31.6. The van der Waals surface area contributed by atoms with Gasteiger partial charge in [0.2, 0.25) is 0 Å². The summed E-state index contributed by atoms with van der Waals surface area (Å²) in [6.45, 7) is 8.70. The second kappa shape index (κ2) is 13.0. The molecule has 0 unspecified atom stereocenters. The molecule has 1 aromatic heterocycles. The number of esters is 1. The number of fused-ring (bicyclic) bond motifs is 1. The minimum absolute atomic E-state index is 0.232. The number of nitrogens with zero attached hydrogens (tertiary/aromatic N) is 2. The summed E-state index contributed by atoms with van der Waals surface area (Å²) in [5.74, 6) is 1.17. The minimum atomic E-state index is -0.773. The fourth-order valence-corrected chi connectivity index (χ4v) is 6.78. The molecule has 0 spiro atoms. The molecule has 0 saturated heterocycles. The third-order valence-corrected chi connectivity index (χ3v) is 7.93. The zero-order valence-corrected chi connectivity index (χ0v) is 26.1. The van der Waals surface area contributed by atoms with E-state index in [4.69, 9.17) is 18.9 Å². The van der Waals surface area contributed by atoms with Crippen molar-refractivity contribution >= 4 is 61.9 Å². The van der Waals surface area contributed by atoms with Gasteiger partial charge in [-0.05, 0) is 72.3 Å². The molecule has 4 rings (SSSR count). The average Bonchev–Trinajstić information content (AvgIpc) is 3.23. The van der Waals surface area contributed by atoms with Crippen molar-refractivity contribution in [1.29, 1.82) is 0 Å². The van der Waals surface area contributed by atoms with E-state index in [1.807, 2.05) is 32.0 Å². The predicted octanol–water partition coefficient (Wildman–Crippen LogP) is 4.75. The Morgan fingerprint density at radius 2 is 1.92 bits per heavy atom. The predicted molar refractivity (Wildman–Crippen MR) is 162 cm³/mol. The van der Waals surface area contributed by atoms with Crippen molar-refractivity contribution < 1.29 is 23.7 Å². The van der Waals surface area contributed by atoms with Crippen molar-refractivity contribution in [3.8, 4) is 17.2 Å². The van der Waals surface area contributed by atoms with Crippen LogP contribution < -0.4 is 29.1 Å². The molecule has 11 heteroatoms. The van der Waals surface area contributed by atoms with E-state index in [9.17, 15) is 9.59 Å². The van der Waals surface area contributed by atoms with Crippen LogP contribution in [0.5, 0.6) is 17.2 Å². The summed E-state index contributed by atoms with van der Waals surface area (Å²) >= 11 is 6.95. The van der Waals surface area contributed by atoms with Crippen molar-refractivity contribution in [2.75, 3.05) is 26.9 Å².